The van der Waals surface area contributed by atoms with Gasteiger partial charge in [0.1, 0.15) is 5.54 Å². The summed E-state index contributed by atoms with van der Waals surface area (Å²) in [6, 6.07) is 16.2. The van der Waals surface area contributed by atoms with Gasteiger partial charge in [0, 0.05) is 0 Å². The molecule has 0 spiro atoms. The van der Waals surface area contributed by atoms with Crippen LogP contribution in [-0.4, -0.2) is 11.4 Å². The molecule has 0 atom stereocenters. The molecule has 3 nitrogen and oxygen atoms in total. The number of rotatable bonds is 2. The van der Waals surface area contributed by atoms with Crippen LogP contribution in [0, 0.1) is 6.92 Å². The maximum absolute atomic E-state index is 12.8. The molecule has 3 rings (SSSR count). The Hall–Kier alpha value is -2.29. The molecule has 0 unspecified atom stereocenters. The van der Waals surface area contributed by atoms with Crippen LogP contribution in [-0.2, 0) is 11.3 Å². The van der Waals surface area contributed by atoms with Crippen LogP contribution in [0.1, 0.15) is 25.0 Å². The van der Waals surface area contributed by atoms with Crippen molar-refractivity contribution in [1.82, 2.24) is 0 Å². The zero-order valence-electron chi connectivity index (χ0n) is 12.7. The first-order valence-corrected chi connectivity index (χ1v) is 7.23. The number of fused-ring (bicyclic) bond motifs is 1. The summed E-state index contributed by atoms with van der Waals surface area (Å²) < 4.78 is 0. The fourth-order valence-electron chi connectivity index (χ4n) is 2.77. The number of benzene rings is 2. The quantitative estimate of drug-likeness (QED) is 0.909. The van der Waals surface area contributed by atoms with E-state index in [4.69, 9.17) is 0 Å². The minimum absolute atomic E-state index is 0.101. The van der Waals surface area contributed by atoms with Crippen LogP contribution in [0.4, 0.5) is 11.4 Å². The van der Waals surface area contributed by atoms with Crippen LogP contribution in [0.3, 0.4) is 0 Å². The Kier molecular flexibility index (Phi) is 3.20. The normalized spacial score (nSPS) is 16.3. The minimum Gasteiger partial charge on any atom is -0.370 e. The number of para-hydroxylation sites is 2. The summed E-state index contributed by atoms with van der Waals surface area (Å²) in [7, 11) is 0. The second-order valence-electron chi connectivity index (χ2n) is 6.08. The number of hydrogen-bond acceptors (Lipinski definition) is 2. The maximum atomic E-state index is 12.8. The van der Waals surface area contributed by atoms with Crippen molar-refractivity contribution >= 4 is 17.3 Å². The zero-order chi connectivity index (χ0) is 15.0. The molecule has 0 fully saturated rings. The molecule has 0 aromatic heterocycles. The molecular weight excluding hydrogens is 260 g/mol. The van der Waals surface area contributed by atoms with Crippen molar-refractivity contribution in [3.05, 3.63) is 59.7 Å². The van der Waals surface area contributed by atoms with E-state index in [1.807, 2.05) is 55.1 Å². The Labute approximate surface area is 125 Å². The van der Waals surface area contributed by atoms with Crippen molar-refractivity contribution in [2.24, 2.45) is 0 Å². The van der Waals surface area contributed by atoms with Crippen molar-refractivity contribution in [3.63, 3.8) is 0 Å². The lowest BCUT2D eigenvalue weighted by Crippen LogP contribution is -2.53. The molecule has 108 valence electrons. The number of amides is 1. The zero-order valence-corrected chi connectivity index (χ0v) is 12.7. The number of anilines is 2. The van der Waals surface area contributed by atoms with Crippen LogP contribution in [0.5, 0.6) is 0 Å². The molecule has 0 bridgehead atoms. The molecular formula is C18H20N2O. The highest BCUT2D eigenvalue weighted by Gasteiger charge is 2.38. The molecule has 1 amide bonds. The maximum Gasteiger partial charge on any atom is 0.252 e. The molecule has 3 heteroatoms. The molecule has 2 aromatic carbocycles. The SMILES string of the molecule is Cc1ccccc1CN1C(=O)C(C)(C)Nc2ccccc21. The summed E-state index contributed by atoms with van der Waals surface area (Å²) in [4.78, 5) is 14.7. The third-order valence-corrected chi connectivity index (χ3v) is 4.01. The van der Waals surface area contributed by atoms with Crippen molar-refractivity contribution in [1.29, 1.82) is 0 Å². The molecule has 21 heavy (non-hydrogen) atoms. The van der Waals surface area contributed by atoms with E-state index in [9.17, 15) is 4.79 Å². The van der Waals surface area contributed by atoms with E-state index < -0.39 is 5.54 Å². The number of nitrogens with one attached hydrogen (secondary N) is 1. The van der Waals surface area contributed by atoms with E-state index in [1.165, 1.54) is 11.1 Å². The third-order valence-electron chi connectivity index (χ3n) is 4.01. The summed E-state index contributed by atoms with van der Waals surface area (Å²) >= 11 is 0. The topological polar surface area (TPSA) is 32.3 Å². The van der Waals surface area contributed by atoms with Gasteiger partial charge in [-0.15, -0.1) is 0 Å². The number of hydrogen-bond donors (Lipinski definition) is 1. The lowest BCUT2D eigenvalue weighted by atomic mass is 9.97. The Morgan fingerprint density at radius 3 is 2.48 bits per heavy atom. The van der Waals surface area contributed by atoms with Gasteiger partial charge in [0.15, 0.2) is 0 Å². The lowest BCUT2D eigenvalue weighted by Gasteiger charge is -2.40. The molecule has 1 N–H and O–H groups in total. The average Bonchev–Trinajstić information content (AvgIpc) is 2.45. The summed E-state index contributed by atoms with van der Waals surface area (Å²) in [6.45, 7) is 6.54. The van der Waals surface area contributed by atoms with Gasteiger partial charge < -0.3 is 10.2 Å². The predicted molar refractivity (Wildman–Crippen MR) is 86.5 cm³/mol. The number of nitrogens with zero attached hydrogens (tertiary/aromatic N) is 1. The molecule has 1 aliphatic rings. The smallest absolute Gasteiger partial charge is 0.252 e. The number of aryl methyl sites for hydroxylation is 1. The van der Waals surface area contributed by atoms with Crippen molar-refractivity contribution in [2.75, 3.05) is 10.2 Å². The van der Waals surface area contributed by atoms with Crippen LogP contribution in [0.15, 0.2) is 48.5 Å². The van der Waals surface area contributed by atoms with Crippen LogP contribution < -0.4 is 10.2 Å². The molecule has 0 radical (unpaired) electrons. The Morgan fingerprint density at radius 2 is 1.71 bits per heavy atom. The fourth-order valence-corrected chi connectivity index (χ4v) is 2.77. The van der Waals surface area contributed by atoms with Crippen LogP contribution >= 0.6 is 0 Å². The Bertz CT molecular complexity index is 691. The first kappa shape index (κ1) is 13.7. The van der Waals surface area contributed by atoms with Crippen LogP contribution in [0.2, 0.25) is 0 Å². The van der Waals surface area contributed by atoms with E-state index in [1.54, 1.807) is 0 Å². The highest BCUT2D eigenvalue weighted by molar-refractivity contribution is 6.07. The van der Waals surface area contributed by atoms with Gasteiger partial charge in [-0.05, 0) is 44.0 Å². The summed E-state index contributed by atoms with van der Waals surface area (Å²) in [6.07, 6.45) is 0. The average molecular weight is 280 g/mol. The highest BCUT2D eigenvalue weighted by Crippen LogP contribution is 2.36. The number of carbonyl (C=O) groups is 1. The van der Waals surface area contributed by atoms with Crippen molar-refractivity contribution < 1.29 is 4.79 Å². The van der Waals surface area contributed by atoms with Gasteiger partial charge >= 0.3 is 0 Å². The third kappa shape index (κ3) is 2.40. The van der Waals surface area contributed by atoms with E-state index in [0.717, 1.165) is 11.4 Å². The van der Waals surface area contributed by atoms with E-state index >= 15 is 0 Å². The van der Waals surface area contributed by atoms with E-state index in [-0.39, 0.29) is 5.91 Å². The van der Waals surface area contributed by atoms with E-state index in [0.29, 0.717) is 6.54 Å². The molecule has 0 saturated heterocycles. The summed E-state index contributed by atoms with van der Waals surface area (Å²) in [5.41, 5.74) is 3.76. The first-order valence-electron chi connectivity index (χ1n) is 7.23. The molecule has 0 saturated carbocycles. The van der Waals surface area contributed by atoms with Gasteiger partial charge in [-0.3, -0.25) is 4.79 Å². The Balaban J connectivity index is 2.04. The molecule has 2 aromatic rings. The minimum atomic E-state index is -0.586. The highest BCUT2D eigenvalue weighted by atomic mass is 16.2. The van der Waals surface area contributed by atoms with Gasteiger partial charge in [-0.2, -0.15) is 0 Å². The molecule has 1 heterocycles. The van der Waals surface area contributed by atoms with Gasteiger partial charge in [0.25, 0.3) is 5.91 Å². The second kappa shape index (κ2) is 4.92. The monoisotopic (exact) mass is 280 g/mol. The molecule has 0 aliphatic carbocycles. The number of carbonyl (C=O) groups excluding carboxylic acids is 1. The van der Waals surface area contributed by atoms with Gasteiger partial charge in [0.05, 0.1) is 17.9 Å². The predicted octanol–water partition coefficient (Wildman–Crippen LogP) is 3.73. The summed E-state index contributed by atoms with van der Waals surface area (Å²) in [5.74, 6) is 0.101. The standard InChI is InChI=1S/C18H20N2O/c1-13-8-4-5-9-14(13)12-20-16-11-7-6-10-15(16)19-18(2,3)17(20)21/h4-11,19H,12H2,1-3H3. The van der Waals surface area contributed by atoms with Crippen molar-refractivity contribution in [3.8, 4) is 0 Å². The Morgan fingerprint density at radius 1 is 1.05 bits per heavy atom. The summed E-state index contributed by atoms with van der Waals surface area (Å²) in [5, 5.41) is 3.33. The van der Waals surface area contributed by atoms with Gasteiger partial charge in [0.2, 0.25) is 0 Å². The van der Waals surface area contributed by atoms with Crippen LogP contribution in [0.25, 0.3) is 0 Å². The van der Waals surface area contributed by atoms with Crippen molar-refractivity contribution in [2.45, 2.75) is 32.9 Å². The van der Waals surface area contributed by atoms with Gasteiger partial charge in [-0.25, -0.2) is 0 Å². The largest absolute Gasteiger partial charge is 0.370 e. The fraction of sp³-hybridized carbons (Fsp3) is 0.278. The first-order chi connectivity index (χ1) is 9.99. The second-order valence-corrected chi connectivity index (χ2v) is 6.08. The molecule has 1 aliphatic heterocycles. The van der Waals surface area contributed by atoms with Gasteiger partial charge in [-0.1, -0.05) is 36.4 Å². The lowest BCUT2D eigenvalue weighted by molar-refractivity contribution is -0.122. The van der Waals surface area contributed by atoms with E-state index in [2.05, 4.69) is 24.4 Å².